The first-order valence-electron chi connectivity index (χ1n) is 13.2. The Labute approximate surface area is 248 Å². The summed E-state index contributed by atoms with van der Waals surface area (Å²) in [7, 11) is -4.44. The second kappa shape index (κ2) is 12.3. The van der Waals surface area contributed by atoms with Crippen LogP contribution in [-0.4, -0.2) is 48.6 Å². The van der Waals surface area contributed by atoms with Gasteiger partial charge in [0.25, 0.3) is 10.0 Å². The van der Waals surface area contributed by atoms with Crippen LogP contribution in [0, 0.1) is 12.3 Å². The van der Waals surface area contributed by atoms with Crippen molar-refractivity contribution in [3.05, 3.63) is 65.9 Å². The monoisotopic (exact) mass is 624 g/mol. The molecule has 234 valence electrons. The maximum Gasteiger partial charge on any atom is 0.435 e. The third-order valence-electron chi connectivity index (χ3n) is 6.00. The van der Waals surface area contributed by atoms with Gasteiger partial charge in [0.05, 0.1) is 22.8 Å². The number of sulfonamides is 1. The highest BCUT2D eigenvalue weighted by Crippen LogP contribution is 2.33. The quantitative estimate of drug-likeness (QED) is 0.319. The molecule has 0 saturated heterocycles. The molecule has 10 nitrogen and oxygen atoms in total. The van der Waals surface area contributed by atoms with Crippen LogP contribution in [0.1, 0.15) is 52.8 Å². The number of aryl methyl sites for hydroxylation is 1. The molecular formula is C29H35F3N4O6S. The molecule has 1 heterocycles. The number of ether oxygens (including phenoxy) is 2. The number of carbonyl (C=O) groups is 2. The molecule has 1 unspecified atom stereocenters. The van der Waals surface area contributed by atoms with Crippen LogP contribution in [0.3, 0.4) is 0 Å². The predicted molar refractivity (Wildman–Crippen MR) is 153 cm³/mol. The molecule has 14 heteroatoms. The fourth-order valence-corrected chi connectivity index (χ4v) is 4.63. The number of halogens is 3. The molecule has 0 saturated carbocycles. The van der Waals surface area contributed by atoms with Gasteiger partial charge < -0.3 is 14.8 Å². The van der Waals surface area contributed by atoms with E-state index in [0.717, 1.165) is 28.4 Å². The molecule has 0 spiro atoms. The third kappa shape index (κ3) is 9.21. The van der Waals surface area contributed by atoms with Gasteiger partial charge >= 0.3 is 18.4 Å². The molecule has 2 aromatic carbocycles. The Balaban J connectivity index is 1.79. The van der Waals surface area contributed by atoms with Crippen LogP contribution in [0.2, 0.25) is 0 Å². The molecule has 0 bridgehead atoms. The summed E-state index contributed by atoms with van der Waals surface area (Å²) in [5, 5.41) is 6.21. The summed E-state index contributed by atoms with van der Waals surface area (Å²) >= 11 is 0. The highest BCUT2D eigenvalue weighted by Gasteiger charge is 2.35. The minimum Gasteiger partial charge on any atom is -0.444 e. The van der Waals surface area contributed by atoms with Gasteiger partial charge in [-0.2, -0.15) is 18.3 Å². The van der Waals surface area contributed by atoms with Crippen molar-refractivity contribution < 1.29 is 40.7 Å². The number of alkyl halides is 3. The van der Waals surface area contributed by atoms with Gasteiger partial charge in [-0.05, 0) is 58.0 Å². The van der Waals surface area contributed by atoms with Crippen molar-refractivity contribution in [1.82, 2.24) is 19.8 Å². The summed E-state index contributed by atoms with van der Waals surface area (Å²) in [6.07, 6.45) is -7.64. The Morgan fingerprint density at radius 3 is 2.02 bits per heavy atom. The van der Waals surface area contributed by atoms with Gasteiger partial charge in [0.1, 0.15) is 11.7 Å². The number of hydrogen-bond donors (Lipinski definition) is 2. The first kappa shape index (κ1) is 33.4. The number of nitrogens with zero attached hydrogens (tertiary/aromatic N) is 2. The van der Waals surface area contributed by atoms with Crippen molar-refractivity contribution in [2.45, 2.75) is 71.2 Å². The Morgan fingerprint density at radius 1 is 0.930 bits per heavy atom. The molecule has 2 amide bonds. The second-order valence-corrected chi connectivity index (χ2v) is 13.6. The molecule has 1 aromatic heterocycles. The lowest BCUT2D eigenvalue weighted by atomic mass is 9.89. The Morgan fingerprint density at radius 2 is 1.51 bits per heavy atom. The summed E-state index contributed by atoms with van der Waals surface area (Å²) in [6.45, 7) is 12.0. The maximum absolute atomic E-state index is 13.5. The maximum atomic E-state index is 13.5. The summed E-state index contributed by atoms with van der Waals surface area (Å²) in [6, 6.07) is 12.5. The molecule has 1 atom stereocenters. The zero-order valence-electron chi connectivity index (χ0n) is 24.9. The number of amides is 2. The molecule has 3 aromatic rings. The second-order valence-electron chi connectivity index (χ2n) is 11.9. The van der Waals surface area contributed by atoms with Gasteiger partial charge in [-0.3, -0.25) is 0 Å². The van der Waals surface area contributed by atoms with Crippen LogP contribution in [0.5, 0.6) is 0 Å². The smallest absolute Gasteiger partial charge is 0.435 e. The number of benzene rings is 2. The van der Waals surface area contributed by atoms with Crippen LogP contribution in [0.25, 0.3) is 16.9 Å². The standard InChI is InChI=1S/C29H35F3N4O6S/c1-18-8-10-19(11-9-18)22-16-23(29(30,31)32)34-36(22)20-12-14-21(15-13-20)43(39,40)35-26(38)41-24(27(2,3)4)17-33-25(37)42-28(5,6)7/h8-16,24H,17H2,1-7H3,(H,33,37)(H,35,38). The molecule has 3 rings (SSSR count). The number of rotatable bonds is 7. The van der Waals surface area contributed by atoms with E-state index in [9.17, 15) is 31.2 Å². The summed E-state index contributed by atoms with van der Waals surface area (Å²) in [5.74, 6) is 0. The molecular weight excluding hydrogens is 589 g/mol. The Hall–Kier alpha value is -4.07. The normalized spacial score (nSPS) is 13.3. The average Bonchev–Trinajstić information content (AvgIpc) is 3.31. The number of hydrogen-bond acceptors (Lipinski definition) is 7. The van der Waals surface area contributed by atoms with Crippen molar-refractivity contribution in [1.29, 1.82) is 0 Å². The zero-order valence-corrected chi connectivity index (χ0v) is 25.7. The van der Waals surface area contributed by atoms with Crippen LogP contribution >= 0.6 is 0 Å². The van der Waals surface area contributed by atoms with E-state index in [1.165, 1.54) is 12.1 Å². The first-order valence-corrected chi connectivity index (χ1v) is 14.7. The SMILES string of the molecule is Cc1ccc(-c2cc(C(F)(F)F)nn2-c2ccc(S(=O)(=O)NC(=O)OC(CNC(=O)OC(C)(C)C)C(C)(C)C)cc2)cc1. The van der Waals surface area contributed by atoms with Crippen LogP contribution in [0.15, 0.2) is 59.5 Å². The molecule has 43 heavy (non-hydrogen) atoms. The lowest BCUT2D eigenvalue weighted by Gasteiger charge is -2.30. The third-order valence-corrected chi connectivity index (χ3v) is 7.33. The van der Waals surface area contributed by atoms with Crippen molar-refractivity contribution in [2.75, 3.05) is 6.54 Å². The number of carbonyl (C=O) groups excluding carboxylic acids is 2. The van der Waals surface area contributed by atoms with E-state index in [1.54, 1.807) is 65.8 Å². The largest absolute Gasteiger partial charge is 0.444 e. The van der Waals surface area contributed by atoms with Gasteiger partial charge in [0.15, 0.2) is 5.69 Å². The minimum absolute atomic E-state index is 0.145. The lowest BCUT2D eigenvalue weighted by Crippen LogP contribution is -2.46. The van der Waals surface area contributed by atoms with Crippen LogP contribution in [0.4, 0.5) is 22.8 Å². The van der Waals surface area contributed by atoms with Crippen molar-refractivity contribution >= 4 is 22.2 Å². The van der Waals surface area contributed by atoms with E-state index < -0.39 is 51.2 Å². The minimum atomic E-state index is -4.70. The lowest BCUT2D eigenvalue weighted by molar-refractivity contribution is -0.141. The summed E-state index contributed by atoms with van der Waals surface area (Å²) in [5.41, 5.74) is -0.843. The number of nitrogens with one attached hydrogen (secondary N) is 2. The molecule has 0 radical (unpaired) electrons. The molecule has 0 aliphatic rings. The van der Waals surface area contributed by atoms with E-state index in [4.69, 9.17) is 9.47 Å². The van der Waals surface area contributed by atoms with E-state index in [0.29, 0.717) is 5.56 Å². The van der Waals surface area contributed by atoms with Gasteiger partial charge in [0.2, 0.25) is 0 Å². The highest BCUT2D eigenvalue weighted by molar-refractivity contribution is 7.90. The van der Waals surface area contributed by atoms with E-state index in [1.807, 2.05) is 11.6 Å². The molecule has 0 aliphatic heterocycles. The number of alkyl carbamates (subject to hydrolysis) is 1. The van der Waals surface area contributed by atoms with Crippen molar-refractivity contribution in [3.8, 4) is 16.9 Å². The number of aromatic nitrogens is 2. The fourth-order valence-electron chi connectivity index (χ4n) is 3.75. The first-order chi connectivity index (χ1) is 19.7. The summed E-state index contributed by atoms with van der Waals surface area (Å²) in [4.78, 5) is 24.3. The van der Waals surface area contributed by atoms with E-state index in [2.05, 4.69) is 10.4 Å². The van der Waals surface area contributed by atoms with E-state index in [-0.39, 0.29) is 22.8 Å². The predicted octanol–water partition coefficient (Wildman–Crippen LogP) is 6.22. The van der Waals surface area contributed by atoms with E-state index >= 15 is 0 Å². The van der Waals surface area contributed by atoms with Gasteiger partial charge in [-0.15, -0.1) is 0 Å². The Bertz CT molecular complexity index is 1550. The van der Waals surface area contributed by atoms with Crippen LogP contribution < -0.4 is 10.0 Å². The fraction of sp³-hybridized carbons (Fsp3) is 0.414. The van der Waals surface area contributed by atoms with Crippen LogP contribution in [-0.2, 0) is 25.7 Å². The highest BCUT2D eigenvalue weighted by atomic mass is 32.2. The van der Waals surface area contributed by atoms with Crippen molar-refractivity contribution in [2.24, 2.45) is 5.41 Å². The average molecular weight is 625 g/mol. The zero-order chi connectivity index (χ0) is 32.4. The molecule has 0 aliphatic carbocycles. The Kier molecular flexibility index (Phi) is 9.54. The molecule has 0 fully saturated rings. The topological polar surface area (TPSA) is 129 Å². The van der Waals surface area contributed by atoms with Crippen molar-refractivity contribution in [3.63, 3.8) is 0 Å². The van der Waals surface area contributed by atoms with Gasteiger partial charge in [-0.25, -0.2) is 27.4 Å². The van der Waals surface area contributed by atoms with Gasteiger partial charge in [-0.1, -0.05) is 50.6 Å². The van der Waals surface area contributed by atoms with Gasteiger partial charge in [0, 0.05) is 11.0 Å². The summed E-state index contributed by atoms with van der Waals surface area (Å²) < 4.78 is 79.8. The molecule has 2 N–H and O–H groups in total.